The Kier molecular flexibility index (Phi) is 3.72. The van der Waals surface area contributed by atoms with Crippen LogP contribution < -0.4 is 16.2 Å². The van der Waals surface area contributed by atoms with Crippen molar-refractivity contribution in [2.45, 2.75) is 26.2 Å². The molecular weight excluding hydrogens is 186 g/mol. The average molecular weight is 207 g/mol. The van der Waals surface area contributed by atoms with Crippen molar-refractivity contribution in [2.75, 3.05) is 18.6 Å². The zero-order valence-electron chi connectivity index (χ0n) is 10.0. The number of nitrogens with one attached hydrogen (secondary N) is 1. The van der Waals surface area contributed by atoms with Crippen LogP contribution in [-0.2, 0) is 5.41 Å². The van der Waals surface area contributed by atoms with Crippen LogP contribution in [0.4, 0.5) is 5.69 Å². The van der Waals surface area contributed by atoms with E-state index in [4.69, 9.17) is 5.84 Å². The summed E-state index contributed by atoms with van der Waals surface area (Å²) in [5.41, 5.74) is 5.36. The summed E-state index contributed by atoms with van der Waals surface area (Å²) in [5, 5.41) is 0. The molecule has 3 heteroatoms. The zero-order valence-corrected chi connectivity index (χ0v) is 10.0. The Bertz CT molecular complexity index is 298. The minimum atomic E-state index is 0.212. The van der Waals surface area contributed by atoms with Gasteiger partial charge in [-0.2, -0.15) is 0 Å². The van der Waals surface area contributed by atoms with Crippen LogP contribution in [0.5, 0.6) is 0 Å². The fourth-order valence-electron chi connectivity index (χ4n) is 1.44. The Hall–Kier alpha value is -1.06. The van der Waals surface area contributed by atoms with Crippen molar-refractivity contribution in [3.05, 3.63) is 29.8 Å². The molecular formula is C12H21N3. The van der Waals surface area contributed by atoms with Gasteiger partial charge in [0.15, 0.2) is 0 Å². The van der Waals surface area contributed by atoms with Crippen LogP contribution in [0.3, 0.4) is 0 Å². The Labute approximate surface area is 92.2 Å². The van der Waals surface area contributed by atoms with Crippen LogP contribution >= 0.6 is 0 Å². The first-order valence-electron chi connectivity index (χ1n) is 5.20. The lowest BCUT2D eigenvalue weighted by atomic mass is 9.87. The number of hydrogen-bond donors (Lipinski definition) is 2. The van der Waals surface area contributed by atoms with Gasteiger partial charge in [-0.15, -0.1) is 0 Å². The van der Waals surface area contributed by atoms with Gasteiger partial charge >= 0.3 is 0 Å². The summed E-state index contributed by atoms with van der Waals surface area (Å²) in [5.74, 6) is 5.27. The van der Waals surface area contributed by atoms with Gasteiger partial charge in [0.2, 0.25) is 0 Å². The molecule has 15 heavy (non-hydrogen) atoms. The maximum atomic E-state index is 5.27. The van der Waals surface area contributed by atoms with Crippen LogP contribution in [0.15, 0.2) is 24.3 Å². The average Bonchev–Trinajstić information content (AvgIpc) is 2.17. The molecule has 0 saturated heterocycles. The number of nitrogens with zero attached hydrogens (tertiary/aromatic N) is 1. The predicted octanol–water partition coefficient (Wildman–Crippen LogP) is 1.84. The summed E-state index contributed by atoms with van der Waals surface area (Å²) in [6.07, 6.45) is 0. The number of hydrazine groups is 1. The third-order valence-electron chi connectivity index (χ3n) is 2.50. The monoisotopic (exact) mass is 207 g/mol. The Morgan fingerprint density at radius 3 is 2.13 bits per heavy atom. The van der Waals surface area contributed by atoms with Crippen molar-refractivity contribution < 1.29 is 0 Å². The molecule has 0 spiro atoms. The van der Waals surface area contributed by atoms with Crippen molar-refractivity contribution in [2.24, 2.45) is 5.84 Å². The fraction of sp³-hybridized carbons (Fsp3) is 0.500. The standard InChI is InChI=1S/C12H21N3/c1-12(2,3)10-5-7-11(8-6-10)15(4)9-14-13/h5-8,14H,9,13H2,1-4H3. The van der Waals surface area contributed by atoms with Crippen LogP contribution in [0.2, 0.25) is 0 Å². The topological polar surface area (TPSA) is 41.3 Å². The third-order valence-corrected chi connectivity index (χ3v) is 2.50. The van der Waals surface area contributed by atoms with Crippen molar-refractivity contribution in [1.29, 1.82) is 0 Å². The molecule has 1 aromatic carbocycles. The number of rotatable bonds is 3. The molecule has 0 radical (unpaired) electrons. The molecule has 0 amide bonds. The third kappa shape index (κ3) is 3.22. The van der Waals surface area contributed by atoms with E-state index in [0.29, 0.717) is 6.67 Å². The van der Waals surface area contributed by atoms with Gasteiger partial charge in [-0.05, 0) is 23.1 Å². The summed E-state index contributed by atoms with van der Waals surface area (Å²) < 4.78 is 0. The van der Waals surface area contributed by atoms with E-state index >= 15 is 0 Å². The highest BCUT2D eigenvalue weighted by Crippen LogP contribution is 2.24. The number of benzene rings is 1. The maximum Gasteiger partial charge on any atom is 0.0805 e. The quantitative estimate of drug-likeness (QED) is 0.451. The first-order valence-corrected chi connectivity index (χ1v) is 5.20. The fourth-order valence-corrected chi connectivity index (χ4v) is 1.44. The van der Waals surface area contributed by atoms with E-state index in [2.05, 4.69) is 55.4 Å². The SMILES string of the molecule is CN(CNN)c1ccc(C(C)(C)C)cc1. The van der Waals surface area contributed by atoms with Crippen molar-refractivity contribution in [1.82, 2.24) is 5.43 Å². The molecule has 0 unspecified atom stereocenters. The highest BCUT2D eigenvalue weighted by Gasteiger charge is 2.13. The number of nitrogens with two attached hydrogens (primary N) is 1. The lowest BCUT2D eigenvalue weighted by Crippen LogP contribution is -2.35. The van der Waals surface area contributed by atoms with E-state index in [-0.39, 0.29) is 5.41 Å². The van der Waals surface area contributed by atoms with E-state index in [0.717, 1.165) is 0 Å². The van der Waals surface area contributed by atoms with E-state index in [1.54, 1.807) is 0 Å². The summed E-state index contributed by atoms with van der Waals surface area (Å²) in [7, 11) is 2.01. The molecule has 3 nitrogen and oxygen atoms in total. The normalized spacial score (nSPS) is 11.5. The van der Waals surface area contributed by atoms with E-state index in [1.165, 1.54) is 11.3 Å². The van der Waals surface area contributed by atoms with Gasteiger partial charge in [0, 0.05) is 12.7 Å². The molecule has 0 heterocycles. The van der Waals surface area contributed by atoms with Crippen molar-refractivity contribution in [3.8, 4) is 0 Å². The van der Waals surface area contributed by atoms with Gasteiger partial charge in [0.05, 0.1) is 6.67 Å². The Morgan fingerprint density at radius 2 is 1.73 bits per heavy atom. The van der Waals surface area contributed by atoms with Crippen molar-refractivity contribution in [3.63, 3.8) is 0 Å². The summed E-state index contributed by atoms with van der Waals surface area (Å²) in [6, 6.07) is 8.58. The van der Waals surface area contributed by atoms with Crippen LogP contribution in [0.25, 0.3) is 0 Å². The minimum Gasteiger partial charge on any atom is -0.361 e. The lowest BCUT2D eigenvalue weighted by Gasteiger charge is -2.22. The summed E-state index contributed by atoms with van der Waals surface area (Å²) in [6.45, 7) is 7.29. The molecule has 0 aliphatic rings. The van der Waals surface area contributed by atoms with Gasteiger partial charge in [-0.3, -0.25) is 5.84 Å². The van der Waals surface area contributed by atoms with Crippen molar-refractivity contribution >= 4 is 5.69 Å². The first-order chi connectivity index (χ1) is 6.95. The van der Waals surface area contributed by atoms with Gasteiger partial charge in [0.1, 0.15) is 0 Å². The summed E-state index contributed by atoms with van der Waals surface area (Å²) in [4.78, 5) is 2.06. The van der Waals surface area contributed by atoms with Gasteiger partial charge in [-0.25, -0.2) is 5.43 Å². The highest BCUT2D eigenvalue weighted by molar-refractivity contribution is 5.47. The van der Waals surface area contributed by atoms with E-state index in [1.807, 2.05) is 7.05 Å². The summed E-state index contributed by atoms with van der Waals surface area (Å²) >= 11 is 0. The smallest absolute Gasteiger partial charge is 0.0805 e. The van der Waals surface area contributed by atoms with Gasteiger partial charge in [-0.1, -0.05) is 32.9 Å². The minimum absolute atomic E-state index is 0.212. The van der Waals surface area contributed by atoms with Gasteiger partial charge < -0.3 is 4.90 Å². The number of anilines is 1. The molecule has 0 aromatic heterocycles. The molecule has 3 N–H and O–H groups in total. The molecule has 0 bridgehead atoms. The molecule has 84 valence electrons. The predicted molar refractivity (Wildman–Crippen MR) is 65.7 cm³/mol. The molecule has 0 aliphatic carbocycles. The largest absolute Gasteiger partial charge is 0.361 e. The van der Waals surface area contributed by atoms with Crippen LogP contribution in [0, 0.1) is 0 Å². The lowest BCUT2D eigenvalue weighted by molar-refractivity contribution is 0.590. The van der Waals surface area contributed by atoms with Crippen LogP contribution in [0.1, 0.15) is 26.3 Å². The van der Waals surface area contributed by atoms with E-state index < -0.39 is 0 Å². The van der Waals surface area contributed by atoms with E-state index in [9.17, 15) is 0 Å². The molecule has 0 atom stereocenters. The Morgan fingerprint density at radius 1 is 1.20 bits per heavy atom. The first kappa shape index (κ1) is 12.0. The second-order valence-electron chi connectivity index (χ2n) is 4.86. The maximum absolute atomic E-state index is 5.27. The second-order valence-corrected chi connectivity index (χ2v) is 4.86. The molecule has 0 fully saturated rings. The molecule has 0 saturated carbocycles. The molecule has 1 rings (SSSR count). The second kappa shape index (κ2) is 4.64. The Balaban J connectivity index is 2.81. The van der Waals surface area contributed by atoms with Crippen LogP contribution in [-0.4, -0.2) is 13.7 Å². The molecule has 1 aromatic rings. The highest BCUT2D eigenvalue weighted by atomic mass is 15.3. The number of hydrogen-bond acceptors (Lipinski definition) is 3. The van der Waals surface area contributed by atoms with Gasteiger partial charge in [0.25, 0.3) is 0 Å². The molecule has 0 aliphatic heterocycles. The zero-order chi connectivity index (χ0) is 11.5.